The van der Waals surface area contributed by atoms with Gasteiger partial charge in [-0.2, -0.15) is 18.4 Å². The minimum Gasteiger partial charge on any atom is -0.206 e. The summed E-state index contributed by atoms with van der Waals surface area (Å²) in [6, 6.07) is 2.59. The van der Waals surface area contributed by atoms with Gasteiger partial charge in [0.15, 0.2) is 0 Å². The summed E-state index contributed by atoms with van der Waals surface area (Å²) in [5.74, 6) is -0.975. The molecule has 0 aliphatic carbocycles. The van der Waals surface area contributed by atoms with Gasteiger partial charge in [0.1, 0.15) is 5.82 Å². The highest BCUT2D eigenvalue weighted by molar-refractivity contribution is 14.1. The molecule has 0 saturated heterocycles. The number of hydrogen-bond donors (Lipinski definition) is 0. The second-order valence-electron chi connectivity index (χ2n) is 2.42. The van der Waals surface area contributed by atoms with Crippen molar-refractivity contribution in [1.82, 2.24) is 0 Å². The molecule has 0 aromatic heterocycles. The molecule has 0 heterocycles. The van der Waals surface area contributed by atoms with Gasteiger partial charge in [0, 0.05) is 0 Å². The summed E-state index contributed by atoms with van der Waals surface area (Å²) in [5.41, 5.74) is -1.80. The largest absolute Gasteiger partial charge is 0.417 e. The predicted octanol–water partition coefficient (Wildman–Crippen LogP) is 3.32. The van der Waals surface area contributed by atoms with Crippen molar-refractivity contribution >= 4 is 22.6 Å². The molecule has 0 radical (unpaired) electrons. The van der Waals surface area contributed by atoms with Crippen molar-refractivity contribution < 1.29 is 17.6 Å². The van der Waals surface area contributed by atoms with Gasteiger partial charge in [0.2, 0.25) is 0 Å². The van der Waals surface area contributed by atoms with Crippen LogP contribution in [0.1, 0.15) is 11.1 Å². The zero-order valence-electron chi connectivity index (χ0n) is 6.49. The Bertz CT molecular complexity index is 405. The highest BCUT2D eigenvalue weighted by Gasteiger charge is 2.34. The van der Waals surface area contributed by atoms with E-state index in [1.54, 1.807) is 0 Å². The van der Waals surface area contributed by atoms with Crippen LogP contribution in [-0.2, 0) is 6.18 Å². The van der Waals surface area contributed by atoms with Crippen molar-refractivity contribution in [2.24, 2.45) is 0 Å². The summed E-state index contributed by atoms with van der Waals surface area (Å²) in [5, 5.41) is 8.42. The van der Waals surface area contributed by atoms with Gasteiger partial charge in [-0.1, -0.05) is 0 Å². The fourth-order valence-corrected chi connectivity index (χ4v) is 1.34. The first-order valence-corrected chi connectivity index (χ1v) is 4.40. The molecule has 0 amide bonds. The number of halogens is 5. The number of nitrogens with zero attached hydrogens (tertiary/aromatic N) is 1. The highest BCUT2D eigenvalue weighted by atomic mass is 127. The summed E-state index contributed by atoms with van der Waals surface area (Å²) in [6.07, 6.45) is -4.70. The van der Waals surface area contributed by atoms with E-state index in [1.807, 2.05) is 0 Å². The van der Waals surface area contributed by atoms with E-state index in [9.17, 15) is 17.6 Å². The van der Waals surface area contributed by atoms with Gasteiger partial charge < -0.3 is 0 Å². The Morgan fingerprint density at radius 1 is 1.29 bits per heavy atom. The number of rotatable bonds is 0. The second-order valence-corrected chi connectivity index (χ2v) is 3.58. The zero-order valence-corrected chi connectivity index (χ0v) is 8.65. The van der Waals surface area contributed by atoms with Crippen LogP contribution < -0.4 is 0 Å². The quantitative estimate of drug-likeness (QED) is 0.532. The van der Waals surface area contributed by atoms with Crippen molar-refractivity contribution in [3.8, 4) is 6.07 Å². The molecular formula is C8H2F4IN. The lowest BCUT2D eigenvalue weighted by atomic mass is 10.1. The van der Waals surface area contributed by atoms with Crippen molar-refractivity contribution in [2.75, 3.05) is 0 Å². The standard InChI is InChI=1S/C8H2F4IN/c9-6-2-5(8(10,11)12)4(3-14)1-7(6)13/h1-2H. The molecule has 0 atom stereocenters. The zero-order chi connectivity index (χ0) is 10.9. The third kappa shape index (κ3) is 2.15. The van der Waals surface area contributed by atoms with Gasteiger partial charge in [-0.15, -0.1) is 0 Å². The molecule has 0 aliphatic heterocycles. The van der Waals surface area contributed by atoms with Crippen molar-refractivity contribution in [3.05, 3.63) is 32.6 Å². The number of nitriles is 1. The molecule has 0 unspecified atom stereocenters. The number of alkyl halides is 3. The van der Waals surface area contributed by atoms with Gasteiger partial charge in [-0.05, 0) is 34.7 Å². The fourth-order valence-electron chi connectivity index (χ4n) is 0.874. The third-order valence-electron chi connectivity index (χ3n) is 1.49. The molecule has 0 N–H and O–H groups in total. The van der Waals surface area contributed by atoms with Crippen LogP contribution in [0.3, 0.4) is 0 Å². The molecule has 0 bridgehead atoms. The molecule has 0 spiro atoms. The SMILES string of the molecule is N#Cc1cc(I)c(F)cc1C(F)(F)F. The van der Waals surface area contributed by atoms with Crippen LogP contribution in [0.4, 0.5) is 17.6 Å². The van der Waals surface area contributed by atoms with E-state index >= 15 is 0 Å². The van der Waals surface area contributed by atoms with Gasteiger partial charge in [0.25, 0.3) is 0 Å². The minimum absolute atomic E-state index is 0.00727. The molecule has 6 heteroatoms. The van der Waals surface area contributed by atoms with Crippen molar-refractivity contribution in [3.63, 3.8) is 0 Å². The van der Waals surface area contributed by atoms with E-state index in [1.165, 1.54) is 28.7 Å². The van der Waals surface area contributed by atoms with E-state index < -0.39 is 23.1 Å². The molecular weight excluding hydrogens is 313 g/mol. The summed E-state index contributed by atoms with van der Waals surface area (Å²) in [7, 11) is 0. The van der Waals surface area contributed by atoms with Gasteiger partial charge >= 0.3 is 6.18 Å². The average molecular weight is 315 g/mol. The summed E-state index contributed by atoms with van der Waals surface area (Å²) in [4.78, 5) is 0. The molecule has 1 rings (SSSR count). The summed E-state index contributed by atoms with van der Waals surface area (Å²) >= 11 is 1.52. The molecule has 74 valence electrons. The normalized spacial score (nSPS) is 11.1. The van der Waals surface area contributed by atoms with Crippen LogP contribution in [0.25, 0.3) is 0 Å². The van der Waals surface area contributed by atoms with E-state index in [4.69, 9.17) is 5.26 Å². The Hall–Kier alpha value is -0.840. The molecule has 0 saturated carbocycles. The van der Waals surface area contributed by atoms with Crippen LogP contribution in [0.5, 0.6) is 0 Å². The fraction of sp³-hybridized carbons (Fsp3) is 0.125. The monoisotopic (exact) mass is 315 g/mol. The third-order valence-corrected chi connectivity index (χ3v) is 2.31. The Labute approximate surface area is 90.5 Å². The van der Waals surface area contributed by atoms with Gasteiger partial charge in [0.05, 0.1) is 20.8 Å². The lowest BCUT2D eigenvalue weighted by Crippen LogP contribution is -2.09. The van der Waals surface area contributed by atoms with Crippen LogP contribution in [0, 0.1) is 20.7 Å². The summed E-state index contributed by atoms with van der Waals surface area (Å²) in [6.45, 7) is 0. The Kier molecular flexibility index (Phi) is 2.99. The van der Waals surface area contributed by atoms with E-state index in [0.29, 0.717) is 6.07 Å². The highest BCUT2D eigenvalue weighted by Crippen LogP contribution is 2.33. The maximum atomic E-state index is 12.8. The Morgan fingerprint density at radius 3 is 2.29 bits per heavy atom. The first-order chi connectivity index (χ1) is 6.36. The van der Waals surface area contributed by atoms with Crippen LogP contribution in [-0.4, -0.2) is 0 Å². The smallest absolute Gasteiger partial charge is 0.206 e. The maximum absolute atomic E-state index is 12.8. The van der Waals surface area contributed by atoms with E-state index in [-0.39, 0.29) is 3.57 Å². The van der Waals surface area contributed by atoms with Gasteiger partial charge in [-0.25, -0.2) is 4.39 Å². The number of benzene rings is 1. The molecule has 1 aromatic carbocycles. The van der Waals surface area contributed by atoms with Crippen LogP contribution >= 0.6 is 22.6 Å². The molecule has 1 nitrogen and oxygen atoms in total. The van der Waals surface area contributed by atoms with E-state index in [2.05, 4.69) is 0 Å². The molecule has 14 heavy (non-hydrogen) atoms. The summed E-state index contributed by atoms with van der Waals surface area (Å²) < 4.78 is 49.5. The average Bonchev–Trinajstić information content (AvgIpc) is 2.07. The minimum atomic E-state index is -4.70. The van der Waals surface area contributed by atoms with Crippen molar-refractivity contribution in [2.45, 2.75) is 6.18 Å². The van der Waals surface area contributed by atoms with Gasteiger partial charge in [-0.3, -0.25) is 0 Å². The van der Waals surface area contributed by atoms with Crippen LogP contribution in [0.15, 0.2) is 12.1 Å². The first kappa shape index (κ1) is 11.2. The molecule has 0 aliphatic rings. The van der Waals surface area contributed by atoms with Crippen LogP contribution in [0.2, 0.25) is 0 Å². The van der Waals surface area contributed by atoms with E-state index in [0.717, 1.165) is 6.07 Å². The lowest BCUT2D eigenvalue weighted by molar-refractivity contribution is -0.138. The second kappa shape index (κ2) is 3.73. The maximum Gasteiger partial charge on any atom is 0.417 e. The van der Waals surface area contributed by atoms with Crippen molar-refractivity contribution in [1.29, 1.82) is 5.26 Å². The topological polar surface area (TPSA) is 23.8 Å². The molecule has 1 aromatic rings. The lowest BCUT2D eigenvalue weighted by Gasteiger charge is -2.08. The Balaban J connectivity index is 3.45. The first-order valence-electron chi connectivity index (χ1n) is 3.32. The Morgan fingerprint density at radius 2 is 1.86 bits per heavy atom. The molecule has 0 fully saturated rings. The number of hydrogen-bond acceptors (Lipinski definition) is 1. The predicted molar refractivity (Wildman–Crippen MR) is 48.8 cm³/mol.